The van der Waals surface area contributed by atoms with Gasteiger partial charge in [-0.15, -0.1) is 0 Å². The van der Waals surface area contributed by atoms with Crippen molar-refractivity contribution >= 4 is 40.7 Å². The summed E-state index contributed by atoms with van der Waals surface area (Å²) in [5, 5.41) is 9.82. The molecule has 134 valence electrons. The number of furan rings is 1. The fourth-order valence-electron chi connectivity index (χ4n) is 2.28. The van der Waals surface area contributed by atoms with Gasteiger partial charge < -0.3 is 15.1 Å². The summed E-state index contributed by atoms with van der Waals surface area (Å²) in [6.45, 7) is 0.204. The maximum atomic E-state index is 12.5. The Hall–Kier alpha value is -2.77. The standard InChI is InChI=1S/C17H14Cl2N4O3/c1-23-9-13(21-16(24)11-5-2-6-12(18)14(11)19)15(22-23)17(25)20-8-10-4-3-7-26-10/h2-7,9H,8H2,1H3,(H,20,25)(H,21,24). The van der Waals surface area contributed by atoms with E-state index in [-0.39, 0.29) is 33.5 Å². The number of aromatic nitrogens is 2. The van der Waals surface area contributed by atoms with Crippen molar-refractivity contribution in [2.45, 2.75) is 6.54 Å². The molecule has 0 bridgehead atoms. The van der Waals surface area contributed by atoms with Gasteiger partial charge in [-0.1, -0.05) is 29.3 Å². The first-order chi connectivity index (χ1) is 12.5. The van der Waals surface area contributed by atoms with Gasteiger partial charge >= 0.3 is 0 Å². The molecule has 9 heteroatoms. The van der Waals surface area contributed by atoms with Crippen molar-refractivity contribution in [3.63, 3.8) is 0 Å². The van der Waals surface area contributed by atoms with E-state index in [1.807, 2.05) is 0 Å². The van der Waals surface area contributed by atoms with Crippen LogP contribution in [0.3, 0.4) is 0 Å². The lowest BCUT2D eigenvalue weighted by atomic mass is 10.2. The van der Waals surface area contributed by atoms with Gasteiger partial charge in [0.05, 0.1) is 34.1 Å². The van der Waals surface area contributed by atoms with Crippen molar-refractivity contribution in [2.24, 2.45) is 7.05 Å². The zero-order chi connectivity index (χ0) is 18.7. The van der Waals surface area contributed by atoms with E-state index in [0.717, 1.165) is 0 Å². The minimum Gasteiger partial charge on any atom is -0.467 e. The molecule has 0 aliphatic rings. The summed E-state index contributed by atoms with van der Waals surface area (Å²) < 4.78 is 6.59. The highest BCUT2D eigenvalue weighted by molar-refractivity contribution is 6.44. The van der Waals surface area contributed by atoms with Crippen LogP contribution in [0.25, 0.3) is 0 Å². The molecular weight excluding hydrogens is 379 g/mol. The predicted octanol–water partition coefficient (Wildman–Crippen LogP) is 3.50. The van der Waals surface area contributed by atoms with E-state index in [1.165, 1.54) is 23.2 Å². The average molecular weight is 393 g/mol. The molecule has 0 radical (unpaired) electrons. The zero-order valence-electron chi connectivity index (χ0n) is 13.6. The van der Waals surface area contributed by atoms with Gasteiger partial charge in [0, 0.05) is 13.2 Å². The number of hydrogen-bond donors (Lipinski definition) is 2. The first-order valence-corrected chi connectivity index (χ1v) is 8.31. The predicted molar refractivity (Wildman–Crippen MR) is 97.5 cm³/mol. The Kier molecular flexibility index (Phi) is 5.29. The molecule has 0 aliphatic carbocycles. The molecule has 1 aromatic carbocycles. The van der Waals surface area contributed by atoms with Crippen LogP contribution in [0.15, 0.2) is 47.2 Å². The van der Waals surface area contributed by atoms with Crippen molar-refractivity contribution in [3.8, 4) is 0 Å². The van der Waals surface area contributed by atoms with Gasteiger partial charge in [0.2, 0.25) is 0 Å². The highest BCUT2D eigenvalue weighted by atomic mass is 35.5. The number of hydrogen-bond acceptors (Lipinski definition) is 4. The Morgan fingerprint density at radius 2 is 2.00 bits per heavy atom. The highest BCUT2D eigenvalue weighted by Crippen LogP contribution is 2.26. The molecule has 0 spiro atoms. The number of benzene rings is 1. The summed E-state index contributed by atoms with van der Waals surface area (Å²) in [5.74, 6) is -0.342. The van der Waals surface area contributed by atoms with Gasteiger partial charge in [0.15, 0.2) is 5.69 Å². The highest BCUT2D eigenvalue weighted by Gasteiger charge is 2.20. The van der Waals surface area contributed by atoms with Gasteiger partial charge in [-0.3, -0.25) is 14.3 Å². The fourth-order valence-corrected chi connectivity index (χ4v) is 2.67. The largest absolute Gasteiger partial charge is 0.467 e. The number of carbonyl (C=O) groups is 2. The average Bonchev–Trinajstić information content (AvgIpc) is 3.24. The van der Waals surface area contributed by atoms with Crippen molar-refractivity contribution in [1.82, 2.24) is 15.1 Å². The van der Waals surface area contributed by atoms with Crippen molar-refractivity contribution < 1.29 is 14.0 Å². The Morgan fingerprint density at radius 3 is 2.73 bits per heavy atom. The van der Waals surface area contributed by atoms with Crippen LogP contribution in [0.2, 0.25) is 10.0 Å². The van der Waals surface area contributed by atoms with Crippen LogP contribution in [-0.4, -0.2) is 21.6 Å². The van der Waals surface area contributed by atoms with Crippen LogP contribution in [0.5, 0.6) is 0 Å². The van der Waals surface area contributed by atoms with Gasteiger partial charge in [-0.25, -0.2) is 0 Å². The maximum Gasteiger partial charge on any atom is 0.274 e. The third kappa shape index (κ3) is 3.89. The van der Waals surface area contributed by atoms with E-state index in [9.17, 15) is 9.59 Å². The molecule has 2 aromatic heterocycles. The van der Waals surface area contributed by atoms with E-state index in [4.69, 9.17) is 27.6 Å². The number of amides is 2. The molecule has 7 nitrogen and oxygen atoms in total. The van der Waals surface area contributed by atoms with E-state index < -0.39 is 11.8 Å². The Bertz CT molecular complexity index is 951. The van der Waals surface area contributed by atoms with E-state index in [1.54, 1.807) is 31.3 Å². The summed E-state index contributed by atoms with van der Waals surface area (Å²) in [7, 11) is 1.64. The molecule has 0 saturated heterocycles. The second-order valence-corrected chi connectivity index (χ2v) is 6.17. The Morgan fingerprint density at radius 1 is 1.19 bits per heavy atom. The number of aryl methyl sites for hydroxylation is 1. The first kappa shape index (κ1) is 18.0. The van der Waals surface area contributed by atoms with Gasteiger partial charge in [-0.05, 0) is 24.3 Å². The van der Waals surface area contributed by atoms with E-state index in [0.29, 0.717) is 5.76 Å². The van der Waals surface area contributed by atoms with Crippen molar-refractivity contribution in [3.05, 3.63) is 69.9 Å². The number of nitrogens with one attached hydrogen (secondary N) is 2. The number of nitrogens with zero attached hydrogens (tertiary/aromatic N) is 2. The lowest BCUT2D eigenvalue weighted by molar-refractivity contribution is 0.0943. The summed E-state index contributed by atoms with van der Waals surface area (Å²) in [4.78, 5) is 24.9. The lowest BCUT2D eigenvalue weighted by Gasteiger charge is -2.08. The summed E-state index contributed by atoms with van der Waals surface area (Å²) in [5.41, 5.74) is 0.529. The molecule has 2 heterocycles. The lowest BCUT2D eigenvalue weighted by Crippen LogP contribution is -2.25. The normalized spacial score (nSPS) is 10.6. The molecule has 26 heavy (non-hydrogen) atoms. The van der Waals surface area contributed by atoms with Crippen LogP contribution in [0, 0.1) is 0 Å². The molecule has 2 N–H and O–H groups in total. The molecular formula is C17H14Cl2N4O3. The van der Waals surface area contributed by atoms with Crippen molar-refractivity contribution in [2.75, 3.05) is 5.32 Å². The minimum absolute atomic E-state index is 0.0746. The quantitative estimate of drug-likeness (QED) is 0.695. The second-order valence-electron chi connectivity index (χ2n) is 5.38. The maximum absolute atomic E-state index is 12.5. The SMILES string of the molecule is Cn1cc(NC(=O)c2cccc(Cl)c2Cl)c(C(=O)NCc2ccco2)n1. The molecule has 2 amide bonds. The molecule has 3 rings (SSSR count). The molecule has 3 aromatic rings. The number of rotatable bonds is 5. The molecule has 0 unspecified atom stereocenters. The van der Waals surface area contributed by atoms with Crippen LogP contribution in [0.4, 0.5) is 5.69 Å². The van der Waals surface area contributed by atoms with Gasteiger partial charge in [0.25, 0.3) is 11.8 Å². The van der Waals surface area contributed by atoms with E-state index in [2.05, 4.69) is 15.7 Å². The zero-order valence-corrected chi connectivity index (χ0v) is 15.1. The fraction of sp³-hybridized carbons (Fsp3) is 0.118. The minimum atomic E-state index is -0.495. The second kappa shape index (κ2) is 7.63. The number of anilines is 1. The third-order valence-corrected chi connectivity index (χ3v) is 4.31. The molecule has 0 fully saturated rings. The summed E-state index contributed by atoms with van der Waals surface area (Å²) in [6, 6.07) is 8.20. The number of halogens is 2. The Balaban J connectivity index is 1.77. The molecule has 0 atom stereocenters. The van der Waals surface area contributed by atoms with Crippen molar-refractivity contribution in [1.29, 1.82) is 0 Å². The summed E-state index contributed by atoms with van der Waals surface area (Å²) >= 11 is 12.0. The number of carbonyl (C=O) groups excluding carboxylic acids is 2. The van der Waals surface area contributed by atoms with Crippen LogP contribution in [0.1, 0.15) is 26.6 Å². The smallest absolute Gasteiger partial charge is 0.274 e. The van der Waals surface area contributed by atoms with E-state index >= 15 is 0 Å². The monoisotopic (exact) mass is 392 g/mol. The summed E-state index contributed by atoms with van der Waals surface area (Å²) in [6.07, 6.45) is 3.04. The molecule has 0 saturated carbocycles. The van der Waals surface area contributed by atoms with Crippen LogP contribution in [-0.2, 0) is 13.6 Å². The third-order valence-electron chi connectivity index (χ3n) is 3.49. The van der Waals surface area contributed by atoms with Crippen LogP contribution >= 0.6 is 23.2 Å². The molecule has 0 aliphatic heterocycles. The Labute approximate surface area is 158 Å². The van der Waals surface area contributed by atoms with Gasteiger partial charge in [0.1, 0.15) is 5.76 Å². The van der Waals surface area contributed by atoms with Crippen LogP contribution < -0.4 is 10.6 Å². The van der Waals surface area contributed by atoms with Gasteiger partial charge in [-0.2, -0.15) is 5.10 Å². The topological polar surface area (TPSA) is 89.2 Å². The first-order valence-electron chi connectivity index (χ1n) is 7.55.